The van der Waals surface area contributed by atoms with E-state index in [1.807, 2.05) is 85.1 Å². The zero-order chi connectivity index (χ0) is 35.6. The fraction of sp³-hybridized carbons (Fsp3) is 0. The van der Waals surface area contributed by atoms with Crippen LogP contribution in [0.1, 0.15) is 0 Å². The Morgan fingerprint density at radius 2 is 0.981 bits per heavy atom. The molecule has 0 N–H and O–H groups in total. The molecule has 0 fully saturated rings. The number of pyridine rings is 1. The predicted octanol–water partition coefficient (Wildman–Crippen LogP) is 12.6. The number of nitrogens with zero attached hydrogens (tertiary/aromatic N) is 4. The van der Waals surface area contributed by atoms with Crippen molar-refractivity contribution < 1.29 is 8.83 Å². The second-order valence-electron chi connectivity index (χ2n) is 13.5. The van der Waals surface area contributed by atoms with Gasteiger partial charge in [-0.05, 0) is 63.9 Å². The maximum atomic E-state index is 6.47. The van der Waals surface area contributed by atoms with Crippen molar-refractivity contribution >= 4 is 54.8 Å². The van der Waals surface area contributed by atoms with Crippen LogP contribution in [0, 0.1) is 0 Å². The van der Waals surface area contributed by atoms with Gasteiger partial charge in [0.15, 0.2) is 23.1 Å². The molecule has 4 heterocycles. The van der Waals surface area contributed by atoms with Crippen molar-refractivity contribution in [1.82, 2.24) is 19.9 Å². The highest BCUT2D eigenvalue weighted by molar-refractivity contribution is 6.10. The Bertz CT molecular complexity index is 3220. The molecule has 0 atom stereocenters. The van der Waals surface area contributed by atoms with Crippen molar-refractivity contribution in [3.05, 3.63) is 170 Å². The van der Waals surface area contributed by atoms with Gasteiger partial charge in [-0.3, -0.25) is 4.98 Å². The number of hydrogen-bond acceptors (Lipinski definition) is 6. The lowest BCUT2D eigenvalue weighted by Gasteiger charge is -2.09. The SMILES string of the molecule is c1ccc(-c2nc(-c3ccc4c(c3)oc3ccccc34)nc(-c3cccc4oc5cc(-c6ccc(-c7ccc8ccccc8c7)cc6)cnc5c34)n2)cc1. The van der Waals surface area contributed by atoms with Crippen LogP contribution in [-0.4, -0.2) is 19.9 Å². The van der Waals surface area contributed by atoms with E-state index in [-0.39, 0.29) is 0 Å². The van der Waals surface area contributed by atoms with Gasteiger partial charge in [-0.2, -0.15) is 0 Å². The molecule has 0 bridgehead atoms. The Kier molecular flexibility index (Phi) is 6.75. The summed E-state index contributed by atoms with van der Waals surface area (Å²) < 4.78 is 12.7. The summed E-state index contributed by atoms with van der Waals surface area (Å²) in [7, 11) is 0. The molecular formula is C48H28N4O2. The molecule has 0 aliphatic rings. The van der Waals surface area contributed by atoms with E-state index in [4.69, 9.17) is 28.8 Å². The number of benzene rings is 7. The molecule has 7 aromatic carbocycles. The van der Waals surface area contributed by atoms with Crippen LogP contribution in [0.15, 0.2) is 179 Å². The normalized spacial score (nSPS) is 11.7. The van der Waals surface area contributed by atoms with Crippen LogP contribution in [0.3, 0.4) is 0 Å². The molecule has 0 saturated heterocycles. The van der Waals surface area contributed by atoms with Gasteiger partial charge in [-0.25, -0.2) is 15.0 Å². The summed E-state index contributed by atoms with van der Waals surface area (Å²) in [6, 6.07) is 55.8. The average molecular weight is 693 g/mol. The first kappa shape index (κ1) is 30.2. The van der Waals surface area contributed by atoms with Crippen molar-refractivity contribution in [2.24, 2.45) is 0 Å². The van der Waals surface area contributed by atoms with E-state index in [1.165, 1.54) is 16.3 Å². The number of rotatable bonds is 5. The molecule has 0 unspecified atom stereocenters. The number of para-hydroxylation sites is 1. The minimum absolute atomic E-state index is 0.534. The molecule has 0 amide bonds. The zero-order valence-corrected chi connectivity index (χ0v) is 28.8. The Morgan fingerprint density at radius 3 is 1.85 bits per heavy atom. The van der Waals surface area contributed by atoms with E-state index in [0.717, 1.165) is 66.2 Å². The molecule has 0 aliphatic carbocycles. The van der Waals surface area contributed by atoms with Gasteiger partial charge < -0.3 is 8.83 Å². The lowest BCUT2D eigenvalue weighted by molar-refractivity contribution is 0.668. The van der Waals surface area contributed by atoms with E-state index in [0.29, 0.717) is 28.6 Å². The number of aromatic nitrogens is 4. The molecule has 0 radical (unpaired) electrons. The first-order valence-corrected chi connectivity index (χ1v) is 17.9. The van der Waals surface area contributed by atoms with E-state index >= 15 is 0 Å². The fourth-order valence-corrected chi connectivity index (χ4v) is 7.46. The van der Waals surface area contributed by atoms with Gasteiger partial charge in [0.25, 0.3) is 0 Å². The Labute approximate surface area is 309 Å². The molecule has 0 aliphatic heterocycles. The molecule has 54 heavy (non-hydrogen) atoms. The Hall–Kier alpha value is -7.44. The fourth-order valence-electron chi connectivity index (χ4n) is 7.46. The second kappa shape index (κ2) is 12.1. The first-order valence-electron chi connectivity index (χ1n) is 17.9. The highest BCUT2D eigenvalue weighted by atomic mass is 16.3. The summed E-state index contributed by atoms with van der Waals surface area (Å²) in [4.78, 5) is 20.1. The molecule has 0 saturated carbocycles. The highest BCUT2D eigenvalue weighted by Crippen LogP contribution is 2.38. The van der Waals surface area contributed by atoms with Crippen LogP contribution in [0.2, 0.25) is 0 Å². The minimum atomic E-state index is 0.534. The van der Waals surface area contributed by atoms with Crippen molar-refractivity contribution in [1.29, 1.82) is 0 Å². The quantitative estimate of drug-likeness (QED) is 0.179. The summed E-state index contributed by atoms with van der Waals surface area (Å²) >= 11 is 0. The van der Waals surface area contributed by atoms with Crippen LogP contribution in [0.4, 0.5) is 0 Å². The van der Waals surface area contributed by atoms with Crippen LogP contribution < -0.4 is 0 Å². The third-order valence-corrected chi connectivity index (χ3v) is 10.2. The Morgan fingerprint density at radius 1 is 0.352 bits per heavy atom. The van der Waals surface area contributed by atoms with E-state index in [1.54, 1.807) is 0 Å². The molecule has 4 aromatic heterocycles. The summed E-state index contributed by atoms with van der Waals surface area (Å²) in [6.07, 6.45) is 1.91. The van der Waals surface area contributed by atoms with Gasteiger partial charge in [-0.15, -0.1) is 0 Å². The molecule has 252 valence electrons. The van der Waals surface area contributed by atoms with Crippen molar-refractivity contribution in [3.63, 3.8) is 0 Å². The van der Waals surface area contributed by atoms with Gasteiger partial charge in [0.2, 0.25) is 0 Å². The molecule has 6 heteroatoms. The molecule has 11 rings (SSSR count). The smallest absolute Gasteiger partial charge is 0.164 e. The first-order chi connectivity index (χ1) is 26.7. The topological polar surface area (TPSA) is 77.8 Å². The third-order valence-electron chi connectivity index (χ3n) is 10.2. The van der Waals surface area contributed by atoms with E-state index in [2.05, 4.69) is 84.9 Å². The van der Waals surface area contributed by atoms with Crippen LogP contribution in [0.5, 0.6) is 0 Å². The lowest BCUT2D eigenvalue weighted by Crippen LogP contribution is -2.00. The highest BCUT2D eigenvalue weighted by Gasteiger charge is 2.20. The minimum Gasteiger partial charge on any atom is -0.456 e. The summed E-state index contributed by atoms with van der Waals surface area (Å²) in [5.74, 6) is 1.66. The summed E-state index contributed by atoms with van der Waals surface area (Å²) in [5, 5.41) is 5.45. The van der Waals surface area contributed by atoms with Crippen LogP contribution in [0.25, 0.3) is 111 Å². The van der Waals surface area contributed by atoms with E-state index in [9.17, 15) is 0 Å². The van der Waals surface area contributed by atoms with Crippen molar-refractivity contribution in [3.8, 4) is 56.4 Å². The van der Waals surface area contributed by atoms with Gasteiger partial charge in [0, 0.05) is 39.2 Å². The van der Waals surface area contributed by atoms with Crippen molar-refractivity contribution in [2.75, 3.05) is 0 Å². The number of furan rings is 2. The molecule has 6 nitrogen and oxygen atoms in total. The predicted molar refractivity (Wildman–Crippen MR) is 217 cm³/mol. The molecule has 0 spiro atoms. The van der Waals surface area contributed by atoms with Gasteiger partial charge in [0.1, 0.15) is 22.3 Å². The largest absolute Gasteiger partial charge is 0.456 e. The standard InChI is InChI=1S/C48H28N4O2/c1-2-10-32(11-3-1)46-50-47(35-23-24-38-37-13-6-7-15-40(37)53-42(38)26-35)52-48(51-46)39-14-8-16-41-44(39)45-43(54-41)27-36(28-49-45)31-19-17-30(18-20-31)34-22-21-29-9-4-5-12-33(29)25-34/h1-28H. The van der Waals surface area contributed by atoms with Gasteiger partial charge >= 0.3 is 0 Å². The third kappa shape index (κ3) is 5.04. The van der Waals surface area contributed by atoms with Crippen molar-refractivity contribution in [2.45, 2.75) is 0 Å². The maximum Gasteiger partial charge on any atom is 0.164 e. The zero-order valence-electron chi connectivity index (χ0n) is 28.8. The van der Waals surface area contributed by atoms with Crippen LogP contribution >= 0.6 is 0 Å². The number of fused-ring (bicyclic) bond motifs is 7. The molecule has 11 aromatic rings. The second-order valence-corrected chi connectivity index (χ2v) is 13.5. The monoisotopic (exact) mass is 692 g/mol. The number of hydrogen-bond donors (Lipinski definition) is 0. The average Bonchev–Trinajstić information content (AvgIpc) is 3.81. The van der Waals surface area contributed by atoms with Crippen LogP contribution in [-0.2, 0) is 0 Å². The Balaban J connectivity index is 1.01. The molecular weight excluding hydrogens is 665 g/mol. The van der Waals surface area contributed by atoms with Gasteiger partial charge in [0.05, 0.1) is 5.39 Å². The van der Waals surface area contributed by atoms with Gasteiger partial charge in [-0.1, -0.05) is 127 Å². The summed E-state index contributed by atoms with van der Waals surface area (Å²) in [5.41, 5.74) is 10.7. The summed E-state index contributed by atoms with van der Waals surface area (Å²) in [6.45, 7) is 0. The maximum absolute atomic E-state index is 6.47. The lowest BCUT2D eigenvalue weighted by atomic mass is 9.99. The van der Waals surface area contributed by atoms with E-state index < -0.39 is 0 Å².